The summed E-state index contributed by atoms with van der Waals surface area (Å²) in [6.07, 6.45) is 2.42. The number of hydrogen-bond donors (Lipinski definition) is 1. The molecule has 1 aromatic heterocycles. The smallest absolute Gasteiger partial charge is 0.0669 e. The molecule has 1 aromatic carbocycles. The summed E-state index contributed by atoms with van der Waals surface area (Å²) in [5.41, 5.74) is 8.27. The van der Waals surface area contributed by atoms with E-state index in [4.69, 9.17) is 17.3 Å². The van der Waals surface area contributed by atoms with Crippen molar-refractivity contribution in [3.8, 4) is 0 Å². The van der Waals surface area contributed by atoms with Gasteiger partial charge in [-0.15, -0.1) is 5.10 Å². The first-order valence-corrected chi connectivity index (χ1v) is 6.10. The molecule has 1 heterocycles. The SMILES string of the molecule is Cc1ccc(CC(N)c2cnns2)c(Cl)c1. The summed E-state index contributed by atoms with van der Waals surface area (Å²) in [6, 6.07) is 5.93. The van der Waals surface area contributed by atoms with Crippen molar-refractivity contribution in [1.82, 2.24) is 9.59 Å². The Morgan fingerprint density at radius 2 is 2.31 bits per heavy atom. The maximum atomic E-state index is 6.15. The van der Waals surface area contributed by atoms with Crippen molar-refractivity contribution >= 4 is 23.1 Å². The van der Waals surface area contributed by atoms with E-state index in [0.717, 1.165) is 21.0 Å². The molecule has 0 spiro atoms. The Labute approximate surface area is 103 Å². The van der Waals surface area contributed by atoms with Crippen molar-refractivity contribution in [2.24, 2.45) is 5.73 Å². The monoisotopic (exact) mass is 253 g/mol. The third kappa shape index (κ3) is 2.58. The van der Waals surface area contributed by atoms with E-state index in [0.29, 0.717) is 6.42 Å². The summed E-state index contributed by atoms with van der Waals surface area (Å²) in [5.74, 6) is 0. The molecule has 0 saturated heterocycles. The standard InChI is InChI=1S/C11H12ClN3S/c1-7-2-3-8(9(12)4-7)5-10(13)11-6-14-15-16-11/h2-4,6,10H,5,13H2,1H3. The third-order valence-corrected chi connectivity index (χ3v) is 3.54. The molecule has 0 radical (unpaired) electrons. The second-order valence-electron chi connectivity index (χ2n) is 3.73. The number of benzene rings is 1. The molecule has 0 bridgehead atoms. The lowest BCUT2D eigenvalue weighted by Crippen LogP contribution is -2.12. The van der Waals surface area contributed by atoms with Crippen LogP contribution in [0.3, 0.4) is 0 Å². The van der Waals surface area contributed by atoms with Crippen molar-refractivity contribution < 1.29 is 0 Å². The number of rotatable bonds is 3. The van der Waals surface area contributed by atoms with Gasteiger partial charge in [-0.1, -0.05) is 28.2 Å². The predicted molar refractivity (Wildman–Crippen MR) is 66.7 cm³/mol. The lowest BCUT2D eigenvalue weighted by molar-refractivity contribution is 0.734. The van der Waals surface area contributed by atoms with E-state index in [2.05, 4.69) is 9.59 Å². The first-order chi connectivity index (χ1) is 7.66. The van der Waals surface area contributed by atoms with Crippen LogP contribution in [0.4, 0.5) is 0 Å². The zero-order valence-corrected chi connectivity index (χ0v) is 10.4. The molecule has 84 valence electrons. The Morgan fingerprint density at radius 3 is 2.94 bits per heavy atom. The van der Waals surface area contributed by atoms with E-state index in [1.807, 2.05) is 25.1 Å². The molecule has 2 rings (SSSR count). The summed E-state index contributed by atoms with van der Waals surface area (Å²) < 4.78 is 3.80. The van der Waals surface area contributed by atoms with Crippen LogP contribution in [0.25, 0.3) is 0 Å². The summed E-state index contributed by atoms with van der Waals surface area (Å²) in [7, 11) is 0. The van der Waals surface area contributed by atoms with Crippen LogP contribution in [-0.2, 0) is 6.42 Å². The van der Waals surface area contributed by atoms with Crippen LogP contribution >= 0.6 is 23.1 Å². The lowest BCUT2D eigenvalue weighted by Gasteiger charge is -2.10. The van der Waals surface area contributed by atoms with Crippen LogP contribution in [-0.4, -0.2) is 9.59 Å². The van der Waals surface area contributed by atoms with E-state index in [9.17, 15) is 0 Å². The molecule has 0 amide bonds. The highest BCUT2D eigenvalue weighted by molar-refractivity contribution is 7.05. The quantitative estimate of drug-likeness (QED) is 0.915. The summed E-state index contributed by atoms with van der Waals surface area (Å²) in [4.78, 5) is 0.983. The Balaban J connectivity index is 2.15. The van der Waals surface area contributed by atoms with Crippen molar-refractivity contribution in [2.75, 3.05) is 0 Å². The van der Waals surface area contributed by atoms with Gasteiger partial charge in [0.25, 0.3) is 0 Å². The minimum atomic E-state index is -0.0831. The second-order valence-corrected chi connectivity index (χ2v) is 4.95. The van der Waals surface area contributed by atoms with E-state index in [1.165, 1.54) is 11.5 Å². The second kappa shape index (κ2) is 4.91. The van der Waals surface area contributed by atoms with Gasteiger partial charge in [-0.3, -0.25) is 0 Å². The molecular formula is C11H12ClN3S. The molecule has 0 fully saturated rings. The number of nitrogens with two attached hydrogens (primary N) is 1. The molecule has 0 aliphatic rings. The van der Waals surface area contributed by atoms with Crippen LogP contribution < -0.4 is 5.73 Å². The fraction of sp³-hybridized carbons (Fsp3) is 0.273. The Morgan fingerprint density at radius 1 is 1.50 bits per heavy atom. The Kier molecular flexibility index (Phi) is 3.53. The molecular weight excluding hydrogens is 242 g/mol. The first kappa shape index (κ1) is 11.5. The Hall–Kier alpha value is -0.970. The number of aromatic nitrogens is 2. The van der Waals surface area contributed by atoms with E-state index in [1.54, 1.807) is 6.20 Å². The largest absolute Gasteiger partial charge is 0.323 e. The molecule has 1 unspecified atom stereocenters. The maximum absolute atomic E-state index is 6.15. The highest BCUT2D eigenvalue weighted by Gasteiger charge is 2.11. The van der Waals surface area contributed by atoms with Crippen LogP contribution in [0, 0.1) is 6.92 Å². The van der Waals surface area contributed by atoms with E-state index in [-0.39, 0.29) is 6.04 Å². The maximum Gasteiger partial charge on any atom is 0.0669 e. The molecule has 16 heavy (non-hydrogen) atoms. The average Bonchev–Trinajstić information content (AvgIpc) is 2.75. The Bertz CT molecular complexity index is 470. The highest BCUT2D eigenvalue weighted by atomic mass is 35.5. The lowest BCUT2D eigenvalue weighted by atomic mass is 10.0. The summed E-state index contributed by atoms with van der Waals surface area (Å²) in [6.45, 7) is 2.02. The number of hydrogen-bond acceptors (Lipinski definition) is 4. The van der Waals surface area contributed by atoms with Crippen LogP contribution in [0.1, 0.15) is 22.0 Å². The number of aryl methyl sites for hydroxylation is 1. The van der Waals surface area contributed by atoms with Crippen LogP contribution in [0.2, 0.25) is 5.02 Å². The number of nitrogens with zero attached hydrogens (tertiary/aromatic N) is 2. The summed E-state index contributed by atoms with van der Waals surface area (Å²) in [5, 5.41) is 4.55. The van der Waals surface area contributed by atoms with Gasteiger partial charge in [-0.25, -0.2) is 0 Å². The molecule has 5 heteroatoms. The van der Waals surface area contributed by atoms with Crippen molar-refractivity contribution in [2.45, 2.75) is 19.4 Å². The van der Waals surface area contributed by atoms with Gasteiger partial charge in [0, 0.05) is 11.1 Å². The van der Waals surface area contributed by atoms with Crippen molar-refractivity contribution in [3.63, 3.8) is 0 Å². The minimum absolute atomic E-state index is 0.0831. The molecule has 2 aromatic rings. The molecule has 1 atom stereocenters. The van der Waals surface area contributed by atoms with Crippen molar-refractivity contribution in [1.29, 1.82) is 0 Å². The van der Waals surface area contributed by atoms with Crippen molar-refractivity contribution in [3.05, 3.63) is 45.4 Å². The van der Waals surface area contributed by atoms with Gasteiger partial charge >= 0.3 is 0 Å². The summed E-state index contributed by atoms with van der Waals surface area (Å²) >= 11 is 7.48. The zero-order chi connectivity index (χ0) is 11.5. The van der Waals surface area contributed by atoms with Gasteiger partial charge in [0.2, 0.25) is 0 Å². The topological polar surface area (TPSA) is 51.8 Å². The molecule has 3 nitrogen and oxygen atoms in total. The fourth-order valence-electron chi connectivity index (χ4n) is 1.49. The van der Waals surface area contributed by atoms with Gasteiger partial charge in [0.15, 0.2) is 0 Å². The van der Waals surface area contributed by atoms with Gasteiger partial charge in [0.05, 0.1) is 11.1 Å². The minimum Gasteiger partial charge on any atom is -0.323 e. The van der Waals surface area contributed by atoms with Gasteiger partial charge in [0.1, 0.15) is 0 Å². The predicted octanol–water partition coefficient (Wildman–Crippen LogP) is 2.74. The van der Waals surface area contributed by atoms with Gasteiger partial charge in [-0.2, -0.15) is 0 Å². The molecule has 0 aliphatic carbocycles. The number of halogens is 1. The molecule has 2 N–H and O–H groups in total. The highest BCUT2D eigenvalue weighted by Crippen LogP contribution is 2.24. The first-order valence-electron chi connectivity index (χ1n) is 4.94. The normalized spacial score (nSPS) is 12.7. The molecule has 0 aliphatic heterocycles. The zero-order valence-electron chi connectivity index (χ0n) is 8.85. The molecule has 0 saturated carbocycles. The van der Waals surface area contributed by atoms with Gasteiger partial charge in [-0.05, 0) is 42.1 Å². The van der Waals surface area contributed by atoms with E-state index >= 15 is 0 Å². The van der Waals surface area contributed by atoms with E-state index < -0.39 is 0 Å². The third-order valence-electron chi connectivity index (χ3n) is 2.39. The van der Waals surface area contributed by atoms with Crippen LogP contribution in [0.15, 0.2) is 24.4 Å². The fourth-order valence-corrected chi connectivity index (χ4v) is 2.31. The van der Waals surface area contributed by atoms with Gasteiger partial charge < -0.3 is 5.73 Å². The average molecular weight is 254 g/mol. The van der Waals surface area contributed by atoms with Crippen LogP contribution in [0.5, 0.6) is 0 Å².